The highest BCUT2D eigenvalue weighted by Gasteiger charge is 2.18. The third kappa shape index (κ3) is 4.42. The first-order chi connectivity index (χ1) is 15.3. The minimum absolute atomic E-state index is 0.302. The molecule has 2 aromatic heterocycles. The first kappa shape index (κ1) is 21.4. The average molecular weight is 450 g/mol. The van der Waals surface area contributed by atoms with Crippen LogP contribution in [0, 0.1) is 19.7 Å². The lowest BCUT2D eigenvalue weighted by molar-refractivity contribution is -0.135. The maximum Gasteiger partial charge on any atom is 0.322 e. The zero-order valence-electron chi connectivity index (χ0n) is 17.3. The first-order valence-corrected chi connectivity index (χ1v) is 10.5. The van der Waals surface area contributed by atoms with E-state index >= 15 is 0 Å². The molecule has 2 aromatic carbocycles. The van der Waals surface area contributed by atoms with E-state index in [-0.39, 0.29) is 5.82 Å². The van der Waals surface area contributed by atoms with Crippen molar-refractivity contribution in [2.75, 3.05) is 11.9 Å². The standard InChI is InChI=1S/C23H19FN4O3S/c1-12-19(14-3-7-16(24)8-4-14)20-21(26-13(2)27-23(20)32-12)28-17-9-5-15(6-10-17)22(31)25-11-18(29)30/h3-10H,11H2,1-2H3,(H,25,31)(H,29,30)(H,26,27,28). The van der Waals surface area contributed by atoms with Gasteiger partial charge in [-0.1, -0.05) is 12.1 Å². The van der Waals surface area contributed by atoms with Crippen LogP contribution in [0.5, 0.6) is 0 Å². The lowest BCUT2D eigenvalue weighted by Gasteiger charge is -2.11. The third-order valence-electron chi connectivity index (χ3n) is 4.78. The van der Waals surface area contributed by atoms with Crippen LogP contribution < -0.4 is 10.6 Å². The van der Waals surface area contributed by atoms with Crippen LogP contribution in [0.1, 0.15) is 21.1 Å². The van der Waals surface area contributed by atoms with Gasteiger partial charge in [0.25, 0.3) is 5.91 Å². The molecule has 3 N–H and O–H groups in total. The van der Waals surface area contributed by atoms with Crippen LogP contribution in [0.25, 0.3) is 21.3 Å². The van der Waals surface area contributed by atoms with Crippen LogP contribution in [0.4, 0.5) is 15.9 Å². The van der Waals surface area contributed by atoms with E-state index in [2.05, 4.69) is 20.6 Å². The number of nitrogens with one attached hydrogen (secondary N) is 2. The first-order valence-electron chi connectivity index (χ1n) is 9.72. The molecule has 0 saturated carbocycles. The highest BCUT2D eigenvalue weighted by Crippen LogP contribution is 2.41. The van der Waals surface area contributed by atoms with Crippen molar-refractivity contribution >= 4 is 44.9 Å². The van der Waals surface area contributed by atoms with Gasteiger partial charge in [-0.15, -0.1) is 11.3 Å². The van der Waals surface area contributed by atoms with Gasteiger partial charge in [0.15, 0.2) is 0 Å². The van der Waals surface area contributed by atoms with Gasteiger partial charge < -0.3 is 15.7 Å². The summed E-state index contributed by atoms with van der Waals surface area (Å²) in [4.78, 5) is 33.7. The van der Waals surface area contributed by atoms with Crippen molar-refractivity contribution in [1.29, 1.82) is 0 Å². The van der Waals surface area contributed by atoms with E-state index in [0.29, 0.717) is 22.9 Å². The number of aryl methyl sites for hydroxylation is 2. The number of fused-ring (bicyclic) bond motifs is 1. The minimum Gasteiger partial charge on any atom is -0.480 e. The number of rotatable bonds is 6. The monoisotopic (exact) mass is 450 g/mol. The van der Waals surface area contributed by atoms with Gasteiger partial charge in [-0.3, -0.25) is 9.59 Å². The Balaban J connectivity index is 1.69. The van der Waals surface area contributed by atoms with Gasteiger partial charge in [0.2, 0.25) is 0 Å². The van der Waals surface area contributed by atoms with Crippen molar-refractivity contribution in [3.05, 3.63) is 70.6 Å². The molecule has 2 heterocycles. The molecule has 7 nitrogen and oxygen atoms in total. The lowest BCUT2D eigenvalue weighted by Crippen LogP contribution is -2.29. The molecule has 0 saturated heterocycles. The van der Waals surface area contributed by atoms with Gasteiger partial charge >= 0.3 is 5.97 Å². The van der Waals surface area contributed by atoms with E-state index < -0.39 is 18.4 Å². The normalized spacial score (nSPS) is 10.8. The number of anilines is 2. The van der Waals surface area contributed by atoms with Gasteiger partial charge in [0.1, 0.15) is 28.8 Å². The van der Waals surface area contributed by atoms with Crippen molar-refractivity contribution in [3.8, 4) is 11.1 Å². The summed E-state index contributed by atoms with van der Waals surface area (Å²) in [6.07, 6.45) is 0. The molecule has 9 heteroatoms. The Kier molecular flexibility index (Phi) is 5.83. The molecular weight excluding hydrogens is 431 g/mol. The van der Waals surface area contributed by atoms with Crippen molar-refractivity contribution in [3.63, 3.8) is 0 Å². The van der Waals surface area contributed by atoms with E-state index in [1.54, 1.807) is 47.7 Å². The number of thiophene rings is 1. The molecule has 0 unspecified atom stereocenters. The Morgan fingerprint density at radius 2 is 1.72 bits per heavy atom. The summed E-state index contributed by atoms with van der Waals surface area (Å²) in [6, 6.07) is 13.0. The summed E-state index contributed by atoms with van der Waals surface area (Å²) in [7, 11) is 0. The zero-order chi connectivity index (χ0) is 22.8. The summed E-state index contributed by atoms with van der Waals surface area (Å²) in [5, 5.41) is 15.2. The second-order valence-electron chi connectivity index (χ2n) is 7.12. The SMILES string of the molecule is Cc1nc(Nc2ccc(C(=O)NCC(=O)O)cc2)c2c(-c3ccc(F)cc3)c(C)sc2n1. The molecule has 0 aliphatic carbocycles. The Morgan fingerprint density at radius 3 is 2.38 bits per heavy atom. The number of hydrogen-bond donors (Lipinski definition) is 3. The number of amides is 1. The number of halogens is 1. The predicted molar refractivity (Wildman–Crippen MR) is 122 cm³/mol. The predicted octanol–water partition coefficient (Wildman–Crippen LogP) is 4.67. The molecule has 0 atom stereocenters. The van der Waals surface area contributed by atoms with Crippen molar-refractivity contribution in [2.45, 2.75) is 13.8 Å². The number of carbonyl (C=O) groups excluding carboxylic acids is 1. The van der Waals surface area contributed by atoms with Gasteiger partial charge in [-0.25, -0.2) is 14.4 Å². The number of carboxylic acids is 1. The number of carbonyl (C=O) groups is 2. The summed E-state index contributed by atoms with van der Waals surface area (Å²) >= 11 is 1.55. The molecule has 0 aliphatic rings. The van der Waals surface area contributed by atoms with Crippen LogP contribution in [-0.4, -0.2) is 33.5 Å². The second-order valence-corrected chi connectivity index (χ2v) is 8.32. The van der Waals surface area contributed by atoms with E-state index in [1.165, 1.54) is 12.1 Å². The molecule has 4 rings (SSSR count). The maximum absolute atomic E-state index is 13.4. The molecule has 32 heavy (non-hydrogen) atoms. The summed E-state index contributed by atoms with van der Waals surface area (Å²) in [5.74, 6) is -0.659. The lowest BCUT2D eigenvalue weighted by atomic mass is 10.0. The number of nitrogens with zero attached hydrogens (tertiary/aromatic N) is 2. The quantitative estimate of drug-likeness (QED) is 0.394. The van der Waals surface area contributed by atoms with Crippen LogP contribution in [-0.2, 0) is 4.79 Å². The van der Waals surface area contributed by atoms with Gasteiger partial charge in [0, 0.05) is 21.7 Å². The van der Waals surface area contributed by atoms with Crippen LogP contribution in [0.2, 0.25) is 0 Å². The molecule has 0 bridgehead atoms. The number of benzene rings is 2. The molecule has 4 aromatic rings. The Hall–Kier alpha value is -3.85. The molecule has 0 fully saturated rings. The van der Waals surface area contributed by atoms with E-state index in [4.69, 9.17) is 5.11 Å². The van der Waals surface area contributed by atoms with Crippen molar-refractivity contribution in [1.82, 2.24) is 15.3 Å². The summed E-state index contributed by atoms with van der Waals surface area (Å²) in [6.45, 7) is 3.36. The Labute approximate surface area is 187 Å². The highest BCUT2D eigenvalue weighted by molar-refractivity contribution is 7.19. The molecule has 1 amide bonds. The van der Waals surface area contributed by atoms with Crippen molar-refractivity contribution in [2.24, 2.45) is 0 Å². The number of hydrogen-bond acceptors (Lipinski definition) is 6. The minimum atomic E-state index is -1.11. The molecule has 0 radical (unpaired) electrons. The molecule has 0 aliphatic heterocycles. The Morgan fingerprint density at radius 1 is 1.03 bits per heavy atom. The van der Waals surface area contributed by atoms with Gasteiger partial charge in [0.05, 0.1) is 5.39 Å². The molecule has 162 valence electrons. The Bertz CT molecular complexity index is 1320. The maximum atomic E-state index is 13.4. The highest BCUT2D eigenvalue weighted by atomic mass is 32.1. The fraction of sp³-hybridized carbons (Fsp3) is 0.130. The van der Waals surface area contributed by atoms with E-state index in [9.17, 15) is 14.0 Å². The van der Waals surface area contributed by atoms with Crippen LogP contribution in [0.3, 0.4) is 0 Å². The van der Waals surface area contributed by atoms with Crippen LogP contribution >= 0.6 is 11.3 Å². The summed E-state index contributed by atoms with van der Waals surface area (Å²) in [5.41, 5.74) is 2.86. The third-order valence-corrected chi connectivity index (χ3v) is 5.78. The number of aromatic nitrogens is 2. The largest absolute Gasteiger partial charge is 0.480 e. The molecule has 0 spiro atoms. The summed E-state index contributed by atoms with van der Waals surface area (Å²) < 4.78 is 13.4. The van der Waals surface area contributed by atoms with Gasteiger partial charge in [-0.2, -0.15) is 0 Å². The topological polar surface area (TPSA) is 104 Å². The zero-order valence-corrected chi connectivity index (χ0v) is 18.1. The van der Waals surface area contributed by atoms with Crippen LogP contribution in [0.15, 0.2) is 48.5 Å². The fourth-order valence-corrected chi connectivity index (χ4v) is 4.46. The van der Waals surface area contributed by atoms with Crippen molar-refractivity contribution < 1.29 is 19.1 Å². The second kappa shape index (κ2) is 8.72. The van der Waals surface area contributed by atoms with E-state index in [0.717, 1.165) is 26.2 Å². The number of aliphatic carboxylic acids is 1. The van der Waals surface area contributed by atoms with E-state index in [1.807, 2.05) is 13.8 Å². The molecular formula is C23H19FN4O3S. The fourth-order valence-electron chi connectivity index (χ4n) is 3.37. The van der Waals surface area contributed by atoms with Gasteiger partial charge in [-0.05, 0) is 55.8 Å². The smallest absolute Gasteiger partial charge is 0.322 e. The average Bonchev–Trinajstić information content (AvgIpc) is 3.08. The number of carboxylic acid groups (broad SMARTS) is 1.